The molecule has 5 heteroatoms. The third-order valence-corrected chi connectivity index (χ3v) is 4.22. The number of nitrogens with one attached hydrogen (secondary N) is 1. The van der Waals surface area contributed by atoms with Crippen LogP contribution in [-0.2, 0) is 0 Å². The van der Waals surface area contributed by atoms with Gasteiger partial charge in [0, 0.05) is 22.5 Å². The molecule has 0 aliphatic heterocycles. The minimum Gasteiger partial charge on any atom is -0.317 e. The van der Waals surface area contributed by atoms with Crippen LogP contribution in [0.5, 0.6) is 0 Å². The summed E-state index contributed by atoms with van der Waals surface area (Å²) in [7, 11) is 0. The predicted molar refractivity (Wildman–Crippen MR) is 102 cm³/mol. The third kappa shape index (κ3) is 2.84. The number of carbonyl (C=O) groups is 1. The zero-order valence-electron chi connectivity index (χ0n) is 14.6. The minimum absolute atomic E-state index is 0.182. The minimum atomic E-state index is -0.182. The zero-order valence-corrected chi connectivity index (χ0v) is 14.6. The molecule has 1 N–H and O–H groups in total. The maximum absolute atomic E-state index is 12.7. The number of rotatable bonds is 3. The van der Waals surface area contributed by atoms with Crippen LogP contribution in [0.2, 0.25) is 0 Å². The van der Waals surface area contributed by atoms with Crippen LogP contribution in [0.1, 0.15) is 21.7 Å². The van der Waals surface area contributed by atoms with Crippen molar-refractivity contribution in [3.8, 4) is 11.3 Å². The molecule has 2 heterocycles. The van der Waals surface area contributed by atoms with Crippen molar-refractivity contribution in [3.63, 3.8) is 0 Å². The van der Waals surface area contributed by atoms with Crippen molar-refractivity contribution in [3.05, 3.63) is 83.7 Å². The van der Waals surface area contributed by atoms with E-state index in [0.29, 0.717) is 22.6 Å². The lowest BCUT2D eigenvalue weighted by Gasteiger charge is -2.07. The summed E-state index contributed by atoms with van der Waals surface area (Å²) in [4.78, 5) is 17.3. The van der Waals surface area contributed by atoms with Crippen molar-refractivity contribution in [1.29, 1.82) is 0 Å². The number of nitrogens with zero attached hydrogens (tertiary/aromatic N) is 3. The predicted octanol–water partition coefficient (Wildman–Crippen LogP) is 4.27. The lowest BCUT2D eigenvalue weighted by molar-refractivity contribution is 0.102. The van der Waals surface area contributed by atoms with Crippen LogP contribution < -0.4 is 5.32 Å². The highest BCUT2D eigenvalue weighted by molar-refractivity contribution is 6.08. The van der Waals surface area contributed by atoms with E-state index in [9.17, 15) is 4.79 Å². The largest absolute Gasteiger partial charge is 0.317 e. The number of anilines is 1. The molecule has 1 amide bonds. The Morgan fingerprint density at radius 1 is 0.962 bits per heavy atom. The highest BCUT2D eigenvalue weighted by Gasteiger charge is 2.19. The first-order valence-electron chi connectivity index (χ1n) is 8.42. The summed E-state index contributed by atoms with van der Waals surface area (Å²) in [5, 5.41) is 7.73. The van der Waals surface area contributed by atoms with Gasteiger partial charge in [-0.25, -0.2) is 9.50 Å². The van der Waals surface area contributed by atoms with Crippen molar-refractivity contribution in [2.24, 2.45) is 0 Å². The van der Waals surface area contributed by atoms with Gasteiger partial charge in [0.25, 0.3) is 5.91 Å². The first-order chi connectivity index (χ1) is 12.6. The normalized spacial score (nSPS) is 10.8. The van der Waals surface area contributed by atoms with Gasteiger partial charge in [0.2, 0.25) is 0 Å². The second kappa shape index (κ2) is 6.44. The van der Waals surface area contributed by atoms with Crippen LogP contribution >= 0.6 is 0 Å². The fraction of sp³-hybridized carbons (Fsp3) is 0.0952. The van der Waals surface area contributed by atoms with Crippen molar-refractivity contribution >= 4 is 17.2 Å². The lowest BCUT2D eigenvalue weighted by Crippen LogP contribution is -2.12. The molecule has 4 aromatic rings. The lowest BCUT2D eigenvalue weighted by atomic mass is 10.1. The number of aryl methyl sites for hydroxylation is 2. The molecule has 0 radical (unpaired) electrons. The van der Waals surface area contributed by atoms with E-state index >= 15 is 0 Å². The van der Waals surface area contributed by atoms with Crippen LogP contribution in [-0.4, -0.2) is 20.5 Å². The standard InChI is InChI=1S/C21H18N4O/c1-14-13-15(2)25-20(22-14)19(18(24-25)16-9-5-3-6-10-16)23-21(26)17-11-7-4-8-12-17/h3-13H,1-2H3,(H,23,26). The maximum atomic E-state index is 12.7. The van der Waals surface area contributed by atoms with E-state index in [1.807, 2.05) is 68.4 Å². The SMILES string of the molecule is Cc1cc(C)n2nc(-c3ccccc3)c(NC(=O)c3ccccc3)c2n1. The number of hydrogen-bond donors (Lipinski definition) is 1. The zero-order chi connectivity index (χ0) is 18.1. The fourth-order valence-electron chi connectivity index (χ4n) is 3.01. The number of amides is 1. The quantitative estimate of drug-likeness (QED) is 0.605. The molecule has 2 aromatic heterocycles. The van der Waals surface area contributed by atoms with E-state index in [-0.39, 0.29) is 5.91 Å². The van der Waals surface area contributed by atoms with Gasteiger partial charge >= 0.3 is 0 Å². The van der Waals surface area contributed by atoms with Crippen molar-refractivity contribution in [1.82, 2.24) is 14.6 Å². The van der Waals surface area contributed by atoms with Gasteiger partial charge in [-0.15, -0.1) is 0 Å². The summed E-state index contributed by atoms with van der Waals surface area (Å²) in [6.07, 6.45) is 0. The Morgan fingerprint density at radius 3 is 2.31 bits per heavy atom. The monoisotopic (exact) mass is 342 g/mol. The topological polar surface area (TPSA) is 59.3 Å². The molecule has 5 nitrogen and oxygen atoms in total. The molecular formula is C21H18N4O. The van der Waals surface area contributed by atoms with Crippen LogP contribution in [0.3, 0.4) is 0 Å². The fourth-order valence-corrected chi connectivity index (χ4v) is 3.01. The molecule has 0 saturated carbocycles. The number of carbonyl (C=O) groups excluding carboxylic acids is 1. The summed E-state index contributed by atoms with van der Waals surface area (Å²) >= 11 is 0. The molecule has 0 aliphatic rings. The van der Waals surface area contributed by atoms with Gasteiger partial charge in [-0.3, -0.25) is 4.79 Å². The summed E-state index contributed by atoms with van der Waals surface area (Å²) in [5.74, 6) is -0.182. The van der Waals surface area contributed by atoms with Crippen molar-refractivity contribution < 1.29 is 4.79 Å². The number of benzene rings is 2. The molecule has 0 spiro atoms. The van der Waals surface area contributed by atoms with Crippen molar-refractivity contribution in [2.45, 2.75) is 13.8 Å². The van der Waals surface area contributed by atoms with Crippen LogP contribution in [0.15, 0.2) is 66.7 Å². The number of hydrogen-bond acceptors (Lipinski definition) is 3. The maximum Gasteiger partial charge on any atom is 0.255 e. The first-order valence-corrected chi connectivity index (χ1v) is 8.42. The van der Waals surface area contributed by atoms with Crippen molar-refractivity contribution in [2.75, 3.05) is 5.32 Å². The van der Waals surface area contributed by atoms with Gasteiger partial charge in [0.1, 0.15) is 11.4 Å². The average molecular weight is 342 g/mol. The van der Waals surface area contributed by atoms with E-state index in [1.165, 1.54) is 0 Å². The van der Waals surface area contributed by atoms with Gasteiger partial charge in [-0.05, 0) is 32.0 Å². The molecule has 0 bridgehead atoms. The molecule has 0 saturated heterocycles. The Kier molecular flexibility index (Phi) is 3.97. The highest BCUT2D eigenvalue weighted by atomic mass is 16.1. The number of aromatic nitrogens is 3. The molecule has 0 unspecified atom stereocenters. The molecule has 128 valence electrons. The highest BCUT2D eigenvalue weighted by Crippen LogP contribution is 2.31. The van der Waals surface area contributed by atoms with E-state index in [4.69, 9.17) is 5.10 Å². The van der Waals surface area contributed by atoms with Crippen LogP contribution in [0.4, 0.5) is 5.69 Å². The van der Waals surface area contributed by atoms with Gasteiger partial charge in [-0.1, -0.05) is 48.5 Å². The smallest absolute Gasteiger partial charge is 0.255 e. The molecule has 0 fully saturated rings. The molecule has 0 atom stereocenters. The summed E-state index contributed by atoms with van der Waals surface area (Å²) in [6.45, 7) is 3.91. The second-order valence-electron chi connectivity index (χ2n) is 6.18. The number of fused-ring (bicyclic) bond motifs is 1. The van der Waals surface area contributed by atoms with Gasteiger partial charge in [0.15, 0.2) is 5.65 Å². The Labute approximate surface area is 151 Å². The van der Waals surface area contributed by atoms with E-state index in [0.717, 1.165) is 17.0 Å². The first kappa shape index (κ1) is 16.0. The summed E-state index contributed by atoms with van der Waals surface area (Å²) in [5.41, 5.74) is 5.34. The molecule has 0 aliphatic carbocycles. The molecule has 2 aromatic carbocycles. The molecule has 4 rings (SSSR count). The second-order valence-corrected chi connectivity index (χ2v) is 6.18. The summed E-state index contributed by atoms with van der Waals surface area (Å²) in [6, 6.07) is 20.9. The molecule has 26 heavy (non-hydrogen) atoms. The third-order valence-electron chi connectivity index (χ3n) is 4.22. The van der Waals surface area contributed by atoms with E-state index < -0.39 is 0 Å². The Morgan fingerprint density at radius 2 is 1.62 bits per heavy atom. The Hall–Kier alpha value is -3.47. The van der Waals surface area contributed by atoms with Crippen LogP contribution in [0.25, 0.3) is 16.9 Å². The van der Waals surface area contributed by atoms with E-state index in [1.54, 1.807) is 16.6 Å². The summed E-state index contributed by atoms with van der Waals surface area (Å²) < 4.78 is 1.77. The van der Waals surface area contributed by atoms with Crippen LogP contribution in [0, 0.1) is 13.8 Å². The Bertz CT molecular complexity index is 1090. The molecular weight excluding hydrogens is 324 g/mol. The van der Waals surface area contributed by atoms with E-state index in [2.05, 4.69) is 10.3 Å². The Balaban J connectivity index is 1.89. The van der Waals surface area contributed by atoms with Gasteiger partial charge in [-0.2, -0.15) is 5.10 Å². The van der Waals surface area contributed by atoms with Gasteiger partial charge in [0.05, 0.1) is 0 Å². The van der Waals surface area contributed by atoms with Gasteiger partial charge < -0.3 is 5.32 Å². The average Bonchev–Trinajstić information content (AvgIpc) is 3.02.